The average molecular weight is 263 g/mol. The Labute approximate surface area is 114 Å². The number of nitriles is 1. The molecule has 0 spiro atoms. The molecule has 1 rings (SSSR count). The van der Waals surface area contributed by atoms with E-state index in [2.05, 4.69) is 11.0 Å². The van der Waals surface area contributed by atoms with Crippen LogP contribution in [-0.2, 0) is 11.3 Å². The van der Waals surface area contributed by atoms with Crippen molar-refractivity contribution in [2.24, 2.45) is 0 Å². The third kappa shape index (κ3) is 5.16. The van der Waals surface area contributed by atoms with Gasteiger partial charge >= 0.3 is 0 Å². The van der Waals surface area contributed by atoms with E-state index >= 15 is 0 Å². The molecule has 0 unspecified atom stereocenters. The summed E-state index contributed by atoms with van der Waals surface area (Å²) in [6.45, 7) is 2.81. The molecule has 0 fully saturated rings. The van der Waals surface area contributed by atoms with Gasteiger partial charge in [-0.25, -0.2) is 0 Å². The summed E-state index contributed by atoms with van der Waals surface area (Å²) in [4.78, 5) is 2.16. The summed E-state index contributed by atoms with van der Waals surface area (Å²) in [6.07, 6.45) is 0.494. The number of benzene rings is 1. The van der Waals surface area contributed by atoms with Crippen LogP contribution in [-0.4, -0.2) is 38.8 Å². The van der Waals surface area contributed by atoms with E-state index in [0.717, 1.165) is 17.9 Å². The Bertz CT molecular complexity index is 429. The zero-order chi connectivity index (χ0) is 14.1. The van der Waals surface area contributed by atoms with E-state index in [1.54, 1.807) is 14.2 Å². The lowest BCUT2D eigenvalue weighted by Crippen LogP contribution is -2.28. The smallest absolute Gasteiger partial charge is 0.123 e. The highest BCUT2D eigenvalue weighted by Crippen LogP contribution is 2.22. The number of hydrogen-bond donors (Lipinski definition) is 1. The Morgan fingerprint density at radius 3 is 2.74 bits per heavy atom. The van der Waals surface area contributed by atoms with E-state index in [1.807, 2.05) is 18.2 Å². The fraction of sp³-hybridized carbons (Fsp3) is 0.500. The highest BCUT2D eigenvalue weighted by Gasteiger charge is 2.10. The maximum Gasteiger partial charge on any atom is 0.123 e. The first kappa shape index (κ1) is 15.3. The van der Waals surface area contributed by atoms with Gasteiger partial charge < -0.3 is 15.2 Å². The highest BCUT2D eigenvalue weighted by molar-refractivity contribution is 5.47. The molecule has 0 saturated carbocycles. The number of anilines is 1. The quantitative estimate of drug-likeness (QED) is 0.722. The summed E-state index contributed by atoms with van der Waals surface area (Å²) in [6, 6.07) is 7.75. The molecular formula is C14H21N3O2. The summed E-state index contributed by atoms with van der Waals surface area (Å²) >= 11 is 0. The highest BCUT2D eigenvalue weighted by atomic mass is 16.5. The molecule has 0 aliphatic carbocycles. The topological polar surface area (TPSA) is 71.5 Å². The Morgan fingerprint density at radius 1 is 1.32 bits per heavy atom. The van der Waals surface area contributed by atoms with Crippen molar-refractivity contribution in [2.45, 2.75) is 13.0 Å². The van der Waals surface area contributed by atoms with Gasteiger partial charge in [-0.05, 0) is 18.2 Å². The maximum atomic E-state index is 8.70. The van der Waals surface area contributed by atoms with Crippen LogP contribution in [0.15, 0.2) is 18.2 Å². The minimum Gasteiger partial charge on any atom is -0.496 e. The van der Waals surface area contributed by atoms with Gasteiger partial charge in [0.25, 0.3) is 0 Å². The van der Waals surface area contributed by atoms with E-state index in [-0.39, 0.29) is 0 Å². The number of nitrogens with two attached hydrogens (primary N) is 1. The SMILES string of the molecule is COCCN(CCC#N)Cc1cc(N)ccc1OC. The molecule has 0 radical (unpaired) electrons. The number of methoxy groups -OCH3 is 2. The standard InChI is InChI=1S/C14H21N3O2/c1-18-9-8-17(7-3-6-15)11-12-10-13(16)4-5-14(12)19-2/h4-5,10H,3,7-9,11,16H2,1-2H3. The van der Waals surface area contributed by atoms with Gasteiger partial charge in [-0.2, -0.15) is 5.26 Å². The van der Waals surface area contributed by atoms with Crippen LogP contribution >= 0.6 is 0 Å². The molecule has 0 bridgehead atoms. The van der Waals surface area contributed by atoms with Crippen LogP contribution in [0.5, 0.6) is 5.75 Å². The fourth-order valence-electron chi connectivity index (χ4n) is 1.86. The van der Waals surface area contributed by atoms with Crippen LogP contribution in [0, 0.1) is 11.3 Å². The molecule has 5 heteroatoms. The van der Waals surface area contributed by atoms with E-state index in [0.29, 0.717) is 31.8 Å². The van der Waals surface area contributed by atoms with Gasteiger partial charge in [0, 0.05) is 44.4 Å². The zero-order valence-electron chi connectivity index (χ0n) is 11.6. The first-order valence-electron chi connectivity index (χ1n) is 6.22. The molecule has 1 aromatic rings. The second-order valence-electron chi connectivity index (χ2n) is 4.25. The van der Waals surface area contributed by atoms with Gasteiger partial charge in [0.2, 0.25) is 0 Å². The summed E-state index contributed by atoms with van der Waals surface area (Å²) in [5.41, 5.74) is 7.54. The van der Waals surface area contributed by atoms with Crippen LogP contribution in [0.4, 0.5) is 5.69 Å². The van der Waals surface area contributed by atoms with Gasteiger partial charge in [0.15, 0.2) is 0 Å². The van der Waals surface area contributed by atoms with Crippen molar-refractivity contribution in [3.05, 3.63) is 23.8 Å². The van der Waals surface area contributed by atoms with E-state index < -0.39 is 0 Å². The van der Waals surface area contributed by atoms with Crippen LogP contribution in [0.1, 0.15) is 12.0 Å². The Morgan fingerprint density at radius 2 is 2.11 bits per heavy atom. The number of nitrogens with zero attached hydrogens (tertiary/aromatic N) is 2. The lowest BCUT2D eigenvalue weighted by Gasteiger charge is -2.22. The normalized spacial score (nSPS) is 10.4. The monoisotopic (exact) mass is 263 g/mol. The molecule has 0 atom stereocenters. The minimum absolute atomic E-state index is 0.494. The van der Waals surface area contributed by atoms with Crippen molar-refractivity contribution in [1.29, 1.82) is 5.26 Å². The summed E-state index contributed by atoms with van der Waals surface area (Å²) in [5.74, 6) is 0.813. The second kappa shape index (κ2) is 8.35. The molecule has 5 nitrogen and oxygen atoms in total. The number of nitrogen functional groups attached to an aromatic ring is 1. The van der Waals surface area contributed by atoms with E-state index in [4.69, 9.17) is 20.5 Å². The van der Waals surface area contributed by atoms with Gasteiger partial charge in [-0.15, -0.1) is 0 Å². The molecule has 104 valence electrons. The summed E-state index contributed by atoms with van der Waals surface area (Å²) < 4.78 is 10.4. The minimum atomic E-state index is 0.494. The third-order valence-corrected chi connectivity index (χ3v) is 2.85. The molecule has 0 amide bonds. The second-order valence-corrected chi connectivity index (χ2v) is 4.25. The van der Waals surface area contributed by atoms with Gasteiger partial charge in [-0.1, -0.05) is 0 Å². The summed E-state index contributed by atoms with van der Waals surface area (Å²) in [7, 11) is 3.31. The molecule has 0 saturated heterocycles. The molecule has 0 aliphatic rings. The molecule has 0 heterocycles. The van der Waals surface area contributed by atoms with Crippen molar-refractivity contribution >= 4 is 5.69 Å². The van der Waals surface area contributed by atoms with Crippen LogP contribution < -0.4 is 10.5 Å². The van der Waals surface area contributed by atoms with Gasteiger partial charge in [0.1, 0.15) is 5.75 Å². The molecule has 0 aromatic heterocycles. The largest absolute Gasteiger partial charge is 0.496 e. The Balaban J connectivity index is 2.76. The lowest BCUT2D eigenvalue weighted by atomic mass is 10.1. The van der Waals surface area contributed by atoms with Crippen LogP contribution in [0.2, 0.25) is 0 Å². The Kier molecular flexibility index (Phi) is 6.72. The molecule has 0 aliphatic heterocycles. The number of hydrogen-bond acceptors (Lipinski definition) is 5. The van der Waals surface area contributed by atoms with Crippen molar-refractivity contribution in [1.82, 2.24) is 4.90 Å². The predicted molar refractivity (Wildman–Crippen MR) is 74.8 cm³/mol. The van der Waals surface area contributed by atoms with Crippen molar-refractivity contribution in [3.8, 4) is 11.8 Å². The number of rotatable bonds is 8. The predicted octanol–water partition coefficient (Wildman–Crippen LogP) is 1.64. The Hall–Kier alpha value is -1.77. The van der Waals surface area contributed by atoms with Crippen LogP contribution in [0.3, 0.4) is 0 Å². The summed E-state index contributed by atoms with van der Waals surface area (Å²) in [5, 5.41) is 8.70. The van der Waals surface area contributed by atoms with Crippen molar-refractivity contribution < 1.29 is 9.47 Å². The first-order chi connectivity index (χ1) is 9.21. The van der Waals surface area contributed by atoms with Gasteiger partial charge in [0.05, 0.1) is 19.8 Å². The first-order valence-corrected chi connectivity index (χ1v) is 6.22. The maximum absolute atomic E-state index is 8.70. The van der Waals surface area contributed by atoms with Crippen molar-refractivity contribution in [3.63, 3.8) is 0 Å². The number of ether oxygens (including phenoxy) is 2. The third-order valence-electron chi connectivity index (χ3n) is 2.85. The molecule has 19 heavy (non-hydrogen) atoms. The zero-order valence-corrected chi connectivity index (χ0v) is 11.6. The average Bonchev–Trinajstić information content (AvgIpc) is 2.42. The van der Waals surface area contributed by atoms with Crippen LogP contribution in [0.25, 0.3) is 0 Å². The molecule has 1 aromatic carbocycles. The molecular weight excluding hydrogens is 242 g/mol. The van der Waals surface area contributed by atoms with Crippen molar-refractivity contribution in [2.75, 3.05) is 39.6 Å². The van der Waals surface area contributed by atoms with E-state index in [9.17, 15) is 0 Å². The lowest BCUT2D eigenvalue weighted by molar-refractivity contribution is 0.145. The van der Waals surface area contributed by atoms with E-state index in [1.165, 1.54) is 0 Å². The van der Waals surface area contributed by atoms with Gasteiger partial charge in [-0.3, -0.25) is 4.90 Å². The fourth-order valence-corrected chi connectivity index (χ4v) is 1.86. The molecule has 2 N–H and O–H groups in total.